The average molecular weight is 528 g/mol. The number of hydrogen-bond donors (Lipinski definition) is 3. The molecule has 2 heterocycles. The lowest BCUT2D eigenvalue weighted by atomic mass is 9.95. The predicted molar refractivity (Wildman–Crippen MR) is 144 cm³/mol. The number of aromatic nitrogens is 4. The molecule has 0 aliphatic heterocycles. The van der Waals surface area contributed by atoms with Crippen molar-refractivity contribution in [2.45, 2.75) is 45.1 Å². The molecule has 2 aliphatic carbocycles. The summed E-state index contributed by atoms with van der Waals surface area (Å²) in [5.41, 5.74) is 3.02. The summed E-state index contributed by atoms with van der Waals surface area (Å²) in [5.74, 6) is 6.64. The van der Waals surface area contributed by atoms with Gasteiger partial charge in [-0.1, -0.05) is 47.4 Å². The van der Waals surface area contributed by atoms with E-state index in [1.165, 1.54) is 6.92 Å². The maximum Gasteiger partial charge on any atom is 0.209 e. The third kappa shape index (κ3) is 4.04. The van der Waals surface area contributed by atoms with E-state index in [0.717, 1.165) is 16.7 Å². The third-order valence-electron chi connectivity index (χ3n) is 7.79. The highest BCUT2D eigenvalue weighted by Gasteiger charge is 2.74. The second-order valence-corrected chi connectivity index (χ2v) is 10.6. The van der Waals surface area contributed by atoms with Crippen LogP contribution in [0.15, 0.2) is 54.9 Å². The van der Waals surface area contributed by atoms with Crippen molar-refractivity contribution in [1.29, 1.82) is 0 Å². The predicted octanol–water partition coefficient (Wildman–Crippen LogP) is 3.67. The number of ketones is 1. The van der Waals surface area contributed by atoms with Crippen molar-refractivity contribution in [3.8, 4) is 11.8 Å². The smallest absolute Gasteiger partial charge is 0.209 e. The summed E-state index contributed by atoms with van der Waals surface area (Å²) in [6.45, 7) is 3.94. The number of hydrogen-bond acceptors (Lipinski definition) is 7. The molecule has 2 aromatic carbocycles. The first kappa shape index (κ1) is 24.6. The average Bonchev–Trinajstić information content (AvgIpc) is 3.45. The number of fused-ring (bicyclic) bond motifs is 2. The van der Waals surface area contributed by atoms with Crippen LogP contribution < -0.4 is 5.32 Å². The molecule has 3 N–H and O–H groups in total. The number of nitrogens with zero attached hydrogens (tertiary/aromatic N) is 4. The van der Waals surface area contributed by atoms with Crippen LogP contribution in [0.3, 0.4) is 0 Å². The number of rotatable bonds is 5. The maximum atomic E-state index is 12.4. The van der Waals surface area contributed by atoms with E-state index in [1.807, 2.05) is 55.5 Å². The van der Waals surface area contributed by atoms with Gasteiger partial charge >= 0.3 is 0 Å². The number of aryl methyl sites for hydroxylation is 1. The lowest BCUT2D eigenvalue weighted by Crippen LogP contribution is -2.36. The van der Waals surface area contributed by atoms with Gasteiger partial charge in [-0.3, -0.25) is 4.79 Å². The van der Waals surface area contributed by atoms with E-state index in [1.54, 1.807) is 10.9 Å². The molecule has 0 radical (unpaired) electrons. The Morgan fingerprint density at radius 2 is 1.97 bits per heavy atom. The standard InChI is InChI=1S/C29H26ClN5O3/c1-16-6-8-18(9-7-16)10-11-22-33-27(31-14-19-4-3-5-20(30)12-19)23-28(34-22)35(15-32-23)24-21-13-29(21,17(2)36)26(38)25(24)37/h3-9,12,15,21,24-26,37-38H,13-14H2,1-2H3,(H,31,33,34)/t21?,24-,25+,26?,29-/m1/s1. The van der Waals surface area contributed by atoms with Gasteiger partial charge in [-0.05, 0) is 61.9 Å². The summed E-state index contributed by atoms with van der Waals surface area (Å²) in [4.78, 5) is 26.3. The largest absolute Gasteiger partial charge is 0.389 e. The second kappa shape index (κ2) is 9.21. The highest BCUT2D eigenvalue weighted by atomic mass is 35.5. The van der Waals surface area contributed by atoms with Crippen LogP contribution in [0.5, 0.6) is 0 Å². The number of imidazole rings is 1. The maximum absolute atomic E-state index is 12.4. The molecule has 0 amide bonds. The van der Waals surface area contributed by atoms with Crippen LogP contribution in [0.2, 0.25) is 5.02 Å². The molecule has 4 aromatic rings. The summed E-state index contributed by atoms with van der Waals surface area (Å²) in [6, 6.07) is 14.8. The summed E-state index contributed by atoms with van der Waals surface area (Å²) in [6.07, 6.45) is -0.128. The number of benzene rings is 2. The monoisotopic (exact) mass is 527 g/mol. The Balaban J connectivity index is 1.42. The molecular formula is C29H26ClN5O3. The number of carbonyl (C=O) groups is 1. The summed E-state index contributed by atoms with van der Waals surface area (Å²) in [7, 11) is 0. The van der Waals surface area contributed by atoms with E-state index in [-0.39, 0.29) is 17.5 Å². The van der Waals surface area contributed by atoms with Crippen molar-refractivity contribution in [1.82, 2.24) is 19.5 Å². The van der Waals surface area contributed by atoms with Crippen molar-refractivity contribution in [3.05, 3.63) is 82.4 Å². The van der Waals surface area contributed by atoms with E-state index in [0.29, 0.717) is 35.0 Å². The van der Waals surface area contributed by atoms with Crippen molar-refractivity contribution >= 4 is 34.4 Å². The van der Waals surface area contributed by atoms with Crippen LogP contribution in [-0.2, 0) is 11.3 Å². The van der Waals surface area contributed by atoms with E-state index < -0.39 is 23.7 Å². The fourth-order valence-electron chi connectivity index (χ4n) is 5.68. The van der Waals surface area contributed by atoms with Gasteiger partial charge in [0.2, 0.25) is 5.82 Å². The minimum absolute atomic E-state index is 0.107. The first-order valence-electron chi connectivity index (χ1n) is 12.5. The highest BCUT2D eigenvalue weighted by molar-refractivity contribution is 6.30. The number of nitrogens with one attached hydrogen (secondary N) is 1. The van der Waals surface area contributed by atoms with Gasteiger partial charge < -0.3 is 20.1 Å². The summed E-state index contributed by atoms with van der Waals surface area (Å²) < 4.78 is 1.76. The Kier molecular flexibility index (Phi) is 5.95. The zero-order valence-electron chi connectivity index (χ0n) is 20.9. The first-order valence-corrected chi connectivity index (χ1v) is 12.8. The molecular weight excluding hydrogens is 502 g/mol. The van der Waals surface area contributed by atoms with Crippen molar-refractivity contribution in [2.24, 2.45) is 11.3 Å². The van der Waals surface area contributed by atoms with Gasteiger partial charge in [-0.15, -0.1) is 0 Å². The molecule has 0 spiro atoms. The Labute approximate surface area is 224 Å². The minimum Gasteiger partial charge on any atom is -0.389 e. The number of anilines is 1. The van der Waals surface area contributed by atoms with Crippen LogP contribution in [0.4, 0.5) is 5.82 Å². The van der Waals surface area contributed by atoms with Gasteiger partial charge in [0.1, 0.15) is 11.9 Å². The van der Waals surface area contributed by atoms with Gasteiger partial charge in [-0.2, -0.15) is 0 Å². The second-order valence-electron chi connectivity index (χ2n) is 10.2. The van der Waals surface area contributed by atoms with Gasteiger partial charge in [0.15, 0.2) is 17.0 Å². The summed E-state index contributed by atoms with van der Waals surface area (Å²) in [5, 5.41) is 25.7. The molecule has 38 heavy (non-hydrogen) atoms. The van der Waals surface area contributed by atoms with Crippen LogP contribution in [0, 0.1) is 30.1 Å². The van der Waals surface area contributed by atoms with Crippen LogP contribution >= 0.6 is 11.6 Å². The number of Topliss-reactive ketones (excluding diaryl/α,β-unsaturated/α-hetero) is 1. The first-order chi connectivity index (χ1) is 18.3. The lowest BCUT2D eigenvalue weighted by Gasteiger charge is -2.23. The molecule has 8 nitrogen and oxygen atoms in total. The fourth-order valence-corrected chi connectivity index (χ4v) is 5.90. The number of aliphatic hydroxyl groups excluding tert-OH is 2. The molecule has 2 fully saturated rings. The molecule has 9 heteroatoms. The Morgan fingerprint density at radius 3 is 2.68 bits per heavy atom. The molecule has 192 valence electrons. The topological polar surface area (TPSA) is 113 Å². The van der Waals surface area contributed by atoms with Crippen molar-refractivity contribution < 1.29 is 15.0 Å². The van der Waals surface area contributed by atoms with Gasteiger partial charge in [0.05, 0.1) is 23.9 Å². The zero-order valence-corrected chi connectivity index (χ0v) is 21.6. The Hall–Kier alpha value is -3.77. The normalized spacial score (nSPS) is 25.5. The quantitative estimate of drug-likeness (QED) is 0.339. The highest BCUT2D eigenvalue weighted by Crippen LogP contribution is 2.68. The van der Waals surface area contributed by atoms with Crippen LogP contribution in [0.25, 0.3) is 11.2 Å². The summed E-state index contributed by atoms with van der Waals surface area (Å²) >= 11 is 6.15. The van der Waals surface area contributed by atoms with Crippen LogP contribution in [-0.4, -0.2) is 47.7 Å². The SMILES string of the molecule is CC(=O)[C@]12CC1[C@@H](n1cnc3c(NCc4cccc(Cl)c4)nc(C#Cc4ccc(C)cc4)nc31)[C@H](O)C2O. The van der Waals surface area contributed by atoms with Crippen molar-refractivity contribution in [3.63, 3.8) is 0 Å². The Morgan fingerprint density at radius 1 is 1.18 bits per heavy atom. The van der Waals surface area contributed by atoms with Gasteiger partial charge in [0, 0.05) is 17.1 Å². The molecule has 0 saturated heterocycles. The molecule has 0 bridgehead atoms. The molecule has 2 saturated carbocycles. The van der Waals surface area contributed by atoms with E-state index in [9.17, 15) is 15.0 Å². The van der Waals surface area contributed by atoms with Gasteiger partial charge in [0.25, 0.3) is 0 Å². The number of aliphatic hydroxyl groups is 2. The molecule has 6 rings (SSSR count). The van der Waals surface area contributed by atoms with Crippen molar-refractivity contribution in [2.75, 3.05) is 5.32 Å². The molecule has 2 aliphatic rings. The number of halogens is 1. The van der Waals surface area contributed by atoms with Gasteiger partial charge in [-0.25, -0.2) is 15.0 Å². The lowest BCUT2D eigenvalue weighted by molar-refractivity contribution is -0.128. The molecule has 2 aromatic heterocycles. The van der Waals surface area contributed by atoms with E-state index >= 15 is 0 Å². The molecule has 2 unspecified atom stereocenters. The Bertz CT molecular complexity index is 1620. The fraction of sp³-hybridized carbons (Fsp3) is 0.310. The number of carbonyl (C=O) groups excluding carboxylic acids is 1. The van der Waals surface area contributed by atoms with Crippen LogP contribution in [0.1, 0.15) is 41.9 Å². The minimum atomic E-state index is -1.13. The van der Waals surface area contributed by atoms with E-state index in [4.69, 9.17) is 16.6 Å². The zero-order chi connectivity index (χ0) is 26.6. The third-order valence-corrected chi connectivity index (χ3v) is 8.03. The molecule has 5 atom stereocenters. The van der Waals surface area contributed by atoms with E-state index in [2.05, 4.69) is 27.1 Å².